The molecular weight excluding hydrogens is 347 g/mol. The largest absolute Gasteiger partial charge is 3.00 e. The van der Waals surface area contributed by atoms with E-state index in [2.05, 4.69) is 0 Å². The summed E-state index contributed by atoms with van der Waals surface area (Å²) in [7, 11) is 0. The minimum atomic E-state index is -1.28. The number of hydrogen-bond donors (Lipinski definition) is 0. The minimum Gasteiger partial charge on any atom is -0.550 e. The normalized spacial score (nSPS) is 8.44. The number of Topliss-reactive ketones (excluding diaryl/α,β-unsaturated/α-hetero) is 2. The van der Waals surface area contributed by atoms with E-state index >= 15 is 0 Å². The number of hydrogen-bond acceptors (Lipinski definition) is 8. The fourth-order valence-corrected chi connectivity index (χ4v) is 1.26. The topological polar surface area (TPSA) is 155 Å². The van der Waals surface area contributed by atoms with Crippen LogP contribution in [0.5, 0.6) is 0 Å². The monoisotopic (exact) mass is 372 g/mol. The van der Waals surface area contributed by atoms with Crippen LogP contribution in [0, 0.1) is 0 Å². The Kier molecular flexibility index (Phi) is 27.7. The van der Waals surface area contributed by atoms with Gasteiger partial charge in [0.1, 0.15) is 11.6 Å². The predicted molar refractivity (Wildman–Crippen MR) is 84.7 cm³/mol. The molecule has 0 aliphatic carbocycles. The molecule has 0 unspecified atom stereocenters. The average molecular weight is 372 g/mol. The van der Waals surface area contributed by atoms with Gasteiger partial charge in [-0.3, -0.25) is 9.59 Å². The van der Waals surface area contributed by atoms with Crippen LogP contribution >= 0.6 is 0 Å². The Bertz CT molecular complexity index is 377. The first-order valence-electron chi connectivity index (χ1n) is 7.73. The van der Waals surface area contributed by atoms with Gasteiger partial charge in [0.2, 0.25) is 0 Å². The Labute approximate surface area is 158 Å². The summed E-state index contributed by atoms with van der Waals surface area (Å²) in [6.45, 7) is 5.45. The fourth-order valence-electron chi connectivity index (χ4n) is 1.26. The Morgan fingerprint density at radius 3 is 0.960 bits per heavy atom. The predicted octanol–water partition coefficient (Wildman–Crippen LogP) is -1.85. The Morgan fingerprint density at radius 1 is 0.560 bits per heavy atom. The number of carbonyl (C=O) groups excluding carboxylic acids is 5. The summed E-state index contributed by atoms with van der Waals surface area (Å²) in [6.07, 6.45) is 2.06. The van der Waals surface area contributed by atoms with Gasteiger partial charge in [0.25, 0.3) is 0 Å². The van der Waals surface area contributed by atoms with Crippen LogP contribution in [-0.4, -0.2) is 46.8 Å². The van der Waals surface area contributed by atoms with E-state index in [-0.39, 0.29) is 35.3 Å². The van der Waals surface area contributed by atoms with Crippen molar-refractivity contribution < 1.29 is 39.3 Å². The minimum absolute atomic E-state index is 0. The second kappa shape index (κ2) is 22.3. The first-order chi connectivity index (χ1) is 11.1. The summed E-state index contributed by atoms with van der Waals surface area (Å²) < 4.78 is 0. The molecule has 0 saturated heterocycles. The summed E-state index contributed by atoms with van der Waals surface area (Å²) in [4.78, 5) is 49.9. The van der Waals surface area contributed by atoms with Gasteiger partial charge in [-0.05, 0) is 19.3 Å². The molecule has 0 rings (SSSR count). The molecule has 0 atom stereocenters. The van der Waals surface area contributed by atoms with Gasteiger partial charge < -0.3 is 29.7 Å². The molecule has 0 heterocycles. The molecule has 0 amide bonds. The second-order valence-corrected chi connectivity index (χ2v) is 4.80. The number of carboxylic acids is 3. The van der Waals surface area contributed by atoms with Gasteiger partial charge in [-0.1, -0.05) is 27.2 Å². The van der Waals surface area contributed by atoms with E-state index in [1.807, 2.05) is 13.8 Å². The van der Waals surface area contributed by atoms with Crippen LogP contribution in [0.2, 0.25) is 0 Å². The van der Waals surface area contributed by atoms with E-state index in [0.717, 1.165) is 0 Å². The quantitative estimate of drug-likeness (QED) is 0.319. The zero-order valence-electron chi connectivity index (χ0n) is 15.0. The van der Waals surface area contributed by atoms with Gasteiger partial charge >= 0.3 is 17.4 Å². The van der Waals surface area contributed by atoms with Gasteiger partial charge in [-0.25, -0.2) is 0 Å². The third-order valence-corrected chi connectivity index (χ3v) is 2.19. The van der Waals surface area contributed by atoms with E-state index in [0.29, 0.717) is 32.1 Å². The number of ketones is 2. The van der Waals surface area contributed by atoms with Crippen LogP contribution in [0.3, 0.4) is 0 Å². The zero-order valence-corrected chi connectivity index (χ0v) is 16.2. The van der Waals surface area contributed by atoms with E-state index in [4.69, 9.17) is 0 Å². The smallest absolute Gasteiger partial charge is 0.550 e. The summed E-state index contributed by atoms with van der Waals surface area (Å²) in [5.74, 6) is -4.03. The van der Waals surface area contributed by atoms with Crippen LogP contribution in [0.1, 0.15) is 72.1 Å². The fraction of sp³-hybridized carbons (Fsp3) is 0.688. The molecule has 25 heavy (non-hydrogen) atoms. The molecule has 0 aromatic heterocycles. The molecule has 0 aliphatic heterocycles. The molecule has 0 aliphatic rings. The van der Waals surface area contributed by atoms with Gasteiger partial charge in [-0.2, -0.15) is 0 Å². The van der Waals surface area contributed by atoms with E-state index in [1.165, 1.54) is 0 Å². The zero-order chi connectivity index (χ0) is 19.5. The Hall–Kier alpha value is -1.72. The van der Waals surface area contributed by atoms with Crippen molar-refractivity contribution in [3.05, 3.63) is 0 Å². The summed E-state index contributed by atoms with van der Waals surface area (Å²) >= 11 is 0. The van der Waals surface area contributed by atoms with Crippen molar-refractivity contribution in [3.8, 4) is 0 Å². The van der Waals surface area contributed by atoms with Gasteiger partial charge in [0.15, 0.2) is 0 Å². The summed E-state index contributed by atoms with van der Waals surface area (Å²) in [5.41, 5.74) is 0. The molecule has 0 bridgehead atoms. The maximum absolute atomic E-state index is 10.4. The van der Waals surface area contributed by atoms with Crippen molar-refractivity contribution in [2.75, 3.05) is 0 Å². The summed E-state index contributed by atoms with van der Waals surface area (Å²) in [5, 5.41) is 29.0. The van der Waals surface area contributed by atoms with Crippen molar-refractivity contribution in [3.63, 3.8) is 0 Å². The molecular formula is C16H25AlO8. The number of aliphatic carboxylic acids is 3. The van der Waals surface area contributed by atoms with Crippen molar-refractivity contribution in [2.45, 2.75) is 72.1 Å². The van der Waals surface area contributed by atoms with E-state index in [9.17, 15) is 39.3 Å². The van der Waals surface area contributed by atoms with Crippen LogP contribution in [0.15, 0.2) is 0 Å². The number of carbonyl (C=O) groups is 5. The van der Waals surface area contributed by atoms with E-state index < -0.39 is 30.7 Å². The van der Waals surface area contributed by atoms with Crippen LogP contribution in [0.4, 0.5) is 0 Å². The molecule has 0 saturated carbocycles. The maximum atomic E-state index is 10.4. The van der Waals surface area contributed by atoms with Gasteiger partial charge in [0, 0.05) is 43.6 Å². The van der Waals surface area contributed by atoms with Crippen molar-refractivity contribution in [2.24, 2.45) is 0 Å². The van der Waals surface area contributed by atoms with Crippen molar-refractivity contribution in [1.29, 1.82) is 0 Å². The van der Waals surface area contributed by atoms with Crippen LogP contribution < -0.4 is 15.3 Å². The third-order valence-electron chi connectivity index (χ3n) is 2.19. The molecule has 0 radical (unpaired) electrons. The Balaban J connectivity index is -0.000000133. The molecule has 140 valence electrons. The maximum Gasteiger partial charge on any atom is 3.00 e. The standard InChI is InChI=1S/2C6H10O3.C4H8O2.Al/c2*1-2-3-5(7)4-6(8)9;1-2-3-4(5)6;/h2*2-4H2,1H3,(H,8,9);2-3H2,1H3,(H,5,6);/q;;;+3/p-3. The molecule has 0 aromatic carbocycles. The van der Waals surface area contributed by atoms with Gasteiger partial charge in [-0.15, -0.1) is 0 Å². The van der Waals surface area contributed by atoms with E-state index in [1.54, 1.807) is 6.92 Å². The molecule has 9 heteroatoms. The SMILES string of the molecule is CCCC(=O)CC(=O)[O-].CCCC(=O)CC(=O)[O-].CCCC(=O)[O-].[Al+3]. The first-order valence-corrected chi connectivity index (χ1v) is 7.73. The average Bonchev–Trinajstić information content (AvgIpc) is 2.38. The van der Waals surface area contributed by atoms with Crippen LogP contribution in [0.25, 0.3) is 0 Å². The molecule has 0 spiro atoms. The first kappa shape index (κ1) is 31.1. The third kappa shape index (κ3) is 39.2. The van der Waals surface area contributed by atoms with Gasteiger partial charge in [0.05, 0.1) is 0 Å². The van der Waals surface area contributed by atoms with Crippen LogP contribution in [-0.2, 0) is 24.0 Å². The number of rotatable bonds is 10. The number of carboxylic acid groups (broad SMARTS) is 3. The Morgan fingerprint density at radius 2 is 0.840 bits per heavy atom. The molecule has 8 nitrogen and oxygen atoms in total. The second-order valence-electron chi connectivity index (χ2n) is 4.80. The van der Waals surface area contributed by atoms with Crippen molar-refractivity contribution >= 4 is 46.8 Å². The summed E-state index contributed by atoms with van der Waals surface area (Å²) in [6, 6.07) is 0. The molecule has 0 aromatic rings. The molecule has 0 fully saturated rings. The van der Waals surface area contributed by atoms with Crippen molar-refractivity contribution in [1.82, 2.24) is 0 Å². The molecule has 0 N–H and O–H groups in total.